The molecule has 92 valence electrons. The van der Waals surface area contributed by atoms with Crippen molar-refractivity contribution in [3.63, 3.8) is 0 Å². The maximum atomic E-state index is 5.70. The predicted molar refractivity (Wildman–Crippen MR) is 74.4 cm³/mol. The Hall–Kier alpha value is -1.19. The minimum Gasteiger partial charge on any atom is -0.444 e. The first-order valence-electron chi connectivity index (χ1n) is 4.98. The van der Waals surface area contributed by atoms with Crippen molar-refractivity contribution in [3.8, 4) is 5.75 Å². The first-order chi connectivity index (χ1) is 8.08. The van der Waals surface area contributed by atoms with Crippen LogP contribution in [0, 0.1) is 6.92 Å². The normalized spacial score (nSPS) is 11.9. The topological polar surface area (TPSA) is 24.8 Å². The Morgan fingerprint density at radius 3 is 2.71 bits per heavy atom. The lowest BCUT2D eigenvalue weighted by Crippen LogP contribution is -2.14. The van der Waals surface area contributed by atoms with Gasteiger partial charge in [0.2, 0.25) is 5.22 Å². The third-order valence-electron chi connectivity index (χ3n) is 2.15. The molecule has 0 aliphatic rings. The molecule has 0 fully saturated rings. The Morgan fingerprint density at radius 2 is 2.18 bits per heavy atom. The summed E-state index contributed by atoms with van der Waals surface area (Å²) in [6.45, 7) is 1.94. The highest BCUT2D eigenvalue weighted by Crippen LogP contribution is 2.25. The van der Waals surface area contributed by atoms with Crippen LogP contribution in [-0.2, 0) is 0 Å². The smallest absolute Gasteiger partial charge is 0.205 e. The van der Waals surface area contributed by atoms with Crippen LogP contribution in [0.2, 0.25) is 0 Å². The first-order valence-corrected chi connectivity index (χ1v) is 5.79. The van der Waals surface area contributed by atoms with Crippen molar-refractivity contribution < 1.29 is 4.74 Å². The van der Waals surface area contributed by atoms with Gasteiger partial charge in [-0.15, -0.1) is 0 Å². The number of aliphatic imine (C=N–C) groups is 1. The number of anilines is 1. The van der Waals surface area contributed by atoms with Crippen molar-refractivity contribution in [1.29, 1.82) is 0 Å². The van der Waals surface area contributed by atoms with E-state index in [1.54, 1.807) is 13.4 Å². The van der Waals surface area contributed by atoms with E-state index in [0.717, 1.165) is 11.3 Å². The van der Waals surface area contributed by atoms with E-state index in [2.05, 4.69) is 4.99 Å². The molecule has 1 aromatic rings. The van der Waals surface area contributed by atoms with Crippen LogP contribution < -0.4 is 9.64 Å². The zero-order valence-corrected chi connectivity index (χ0v) is 11.5. The summed E-state index contributed by atoms with van der Waals surface area (Å²) in [6.07, 6.45) is 1.74. The Bertz CT molecular complexity index is 444. The van der Waals surface area contributed by atoms with Crippen molar-refractivity contribution in [2.45, 2.75) is 6.92 Å². The predicted octanol–water partition coefficient (Wildman–Crippen LogP) is 3.74. The summed E-state index contributed by atoms with van der Waals surface area (Å²) in [5.41, 5.74) is 3.17. The van der Waals surface area contributed by atoms with E-state index in [4.69, 9.17) is 27.9 Å². The molecule has 0 unspecified atom stereocenters. The van der Waals surface area contributed by atoms with Gasteiger partial charge in [0.05, 0.1) is 11.9 Å². The number of ether oxygens (including phenoxy) is 1. The van der Waals surface area contributed by atoms with Gasteiger partial charge >= 0.3 is 0 Å². The third-order valence-corrected chi connectivity index (χ3v) is 2.64. The molecule has 3 nitrogen and oxygen atoms in total. The van der Waals surface area contributed by atoms with E-state index < -0.39 is 0 Å². The molecular weight excluding hydrogens is 259 g/mol. The van der Waals surface area contributed by atoms with Crippen molar-refractivity contribution >= 4 is 35.2 Å². The SMILES string of the molecule is CN=CN(C)c1ccc(OC(Cl)=CCl)c(C)c1. The summed E-state index contributed by atoms with van der Waals surface area (Å²) < 4.78 is 5.33. The summed E-state index contributed by atoms with van der Waals surface area (Å²) in [4.78, 5) is 5.86. The van der Waals surface area contributed by atoms with Crippen LogP contribution in [0.4, 0.5) is 5.69 Å². The Balaban J connectivity index is 2.93. The molecule has 0 N–H and O–H groups in total. The summed E-state index contributed by atoms with van der Waals surface area (Å²) in [5, 5.41) is 0.144. The van der Waals surface area contributed by atoms with Gasteiger partial charge in [0.15, 0.2) is 0 Å². The maximum absolute atomic E-state index is 5.70. The lowest BCUT2D eigenvalue weighted by molar-refractivity contribution is 0.460. The zero-order chi connectivity index (χ0) is 12.8. The summed E-state index contributed by atoms with van der Waals surface area (Å²) in [6, 6.07) is 5.74. The van der Waals surface area contributed by atoms with Gasteiger partial charge in [0.25, 0.3) is 0 Å². The minimum atomic E-state index is 0.144. The lowest BCUT2D eigenvalue weighted by atomic mass is 10.2. The fourth-order valence-electron chi connectivity index (χ4n) is 1.33. The Labute approximate surface area is 111 Å². The van der Waals surface area contributed by atoms with Crippen molar-refractivity contribution in [3.05, 3.63) is 34.5 Å². The van der Waals surface area contributed by atoms with Crippen LogP contribution >= 0.6 is 23.2 Å². The van der Waals surface area contributed by atoms with Crippen molar-refractivity contribution in [2.75, 3.05) is 19.0 Å². The molecule has 0 aliphatic carbocycles. The Kier molecular flexibility index (Phi) is 5.32. The molecule has 0 bridgehead atoms. The van der Waals surface area contributed by atoms with Crippen LogP contribution in [-0.4, -0.2) is 20.4 Å². The van der Waals surface area contributed by atoms with Crippen LogP contribution in [0.15, 0.2) is 33.9 Å². The molecule has 0 aliphatic heterocycles. The highest BCUT2D eigenvalue weighted by Gasteiger charge is 2.05. The fourth-order valence-corrected chi connectivity index (χ4v) is 1.46. The quantitative estimate of drug-likeness (QED) is 0.474. The summed E-state index contributed by atoms with van der Waals surface area (Å²) >= 11 is 11.1. The molecule has 0 saturated carbocycles. The van der Waals surface area contributed by atoms with Gasteiger partial charge in [-0.1, -0.05) is 11.6 Å². The maximum Gasteiger partial charge on any atom is 0.205 e. The number of hydrogen-bond acceptors (Lipinski definition) is 2. The first kappa shape index (κ1) is 13.9. The third kappa shape index (κ3) is 3.95. The minimum absolute atomic E-state index is 0.144. The monoisotopic (exact) mass is 272 g/mol. The molecular formula is C12H14Cl2N2O. The van der Waals surface area contributed by atoms with E-state index in [9.17, 15) is 0 Å². The number of hydrogen-bond donors (Lipinski definition) is 0. The van der Waals surface area contributed by atoms with E-state index in [0.29, 0.717) is 5.75 Å². The largest absolute Gasteiger partial charge is 0.444 e. The highest BCUT2D eigenvalue weighted by molar-refractivity contribution is 6.35. The molecule has 1 aromatic carbocycles. The number of nitrogens with zero attached hydrogens (tertiary/aromatic N) is 2. The lowest BCUT2D eigenvalue weighted by Gasteiger charge is -2.15. The molecule has 0 atom stereocenters. The standard InChI is InChI=1S/C12H14Cl2N2O/c1-9-6-10(16(3)8-15-2)4-5-11(9)17-12(14)7-13/h4-8H,1-3H3. The van der Waals surface area contributed by atoms with E-state index in [1.807, 2.05) is 37.1 Å². The second-order valence-electron chi connectivity index (χ2n) is 3.45. The van der Waals surface area contributed by atoms with Gasteiger partial charge in [-0.05, 0) is 42.3 Å². The average molecular weight is 273 g/mol. The van der Waals surface area contributed by atoms with Gasteiger partial charge in [0.1, 0.15) is 5.75 Å². The van der Waals surface area contributed by atoms with Gasteiger partial charge < -0.3 is 9.64 Å². The highest BCUT2D eigenvalue weighted by atomic mass is 35.5. The molecule has 0 aromatic heterocycles. The van der Waals surface area contributed by atoms with Crippen molar-refractivity contribution in [2.24, 2.45) is 4.99 Å². The Morgan fingerprint density at radius 1 is 1.47 bits per heavy atom. The number of aryl methyl sites for hydroxylation is 1. The molecule has 5 heteroatoms. The van der Waals surface area contributed by atoms with Gasteiger partial charge in [-0.2, -0.15) is 0 Å². The van der Waals surface area contributed by atoms with E-state index in [1.165, 1.54) is 5.54 Å². The summed E-state index contributed by atoms with van der Waals surface area (Å²) in [5.74, 6) is 0.678. The number of rotatable bonds is 4. The van der Waals surface area contributed by atoms with E-state index in [-0.39, 0.29) is 5.22 Å². The second kappa shape index (κ2) is 6.52. The molecule has 17 heavy (non-hydrogen) atoms. The van der Waals surface area contributed by atoms with Gasteiger partial charge in [-0.25, -0.2) is 0 Å². The molecule has 0 spiro atoms. The van der Waals surface area contributed by atoms with Crippen LogP contribution in [0.1, 0.15) is 5.56 Å². The summed E-state index contributed by atoms with van der Waals surface area (Å²) in [7, 11) is 3.65. The van der Waals surface area contributed by atoms with E-state index >= 15 is 0 Å². The average Bonchev–Trinajstić information content (AvgIpc) is 2.31. The van der Waals surface area contributed by atoms with Crippen LogP contribution in [0.3, 0.4) is 0 Å². The van der Waals surface area contributed by atoms with Crippen LogP contribution in [0.5, 0.6) is 5.75 Å². The van der Waals surface area contributed by atoms with Gasteiger partial charge in [-0.3, -0.25) is 4.99 Å². The number of benzene rings is 1. The second-order valence-corrected chi connectivity index (χ2v) is 4.04. The molecule has 0 amide bonds. The zero-order valence-electron chi connectivity index (χ0n) is 9.95. The molecule has 0 heterocycles. The molecule has 0 saturated heterocycles. The molecule has 1 rings (SSSR count). The number of halogens is 2. The van der Waals surface area contributed by atoms with Crippen molar-refractivity contribution in [1.82, 2.24) is 0 Å². The molecule has 0 radical (unpaired) electrons. The fraction of sp³-hybridized carbons (Fsp3) is 0.250. The van der Waals surface area contributed by atoms with Crippen LogP contribution in [0.25, 0.3) is 0 Å². The van der Waals surface area contributed by atoms with Gasteiger partial charge in [0, 0.05) is 19.8 Å².